The van der Waals surface area contributed by atoms with Gasteiger partial charge in [-0.25, -0.2) is 24.1 Å². The molecule has 6 rings (SSSR count). The Labute approximate surface area is 217 Å². The van der Waals surface area contributed by atoms with Gasteiger partial charge in [-0.2, -0.15) is 0 Å². The van der Waals surface area contributed by atoms with Gasteiger partial charge in [-0.05, 0) is 36.2 Å². The van der Waals surface area contributed by atoms with Crippen molar-refractivity contribution in [2.24, 2.45) is 0 Å². The average Bonchev–Trinajstić information content (AvgIpc) is 3.50. The Kier molecular flexibility index (Phi) is 6.01. The molecule has 11 heteroatoms. The standard InChI is InChI=1S/C27H25FN6O4/c1-16(32-8-10-38-11-9-32)17-2-5-23(29-13-17)31-21-4-3-19(20-15-34(27(36)37)26(35)25(20)21)22-14-30-24-12-18(28)6-7-33(22)24/h2-7,12-14,16H,8-11,15H2,1H3,(H,29,31)(H,36,37)/t16-/m1/s1. The summed E-state index contributed by atoms with van der Waals surface area (Å²) in [5, 5.41) is 12.9. The largest absolute Gasteiger partial charge is 0.465 e. The minimum atomic E-state index is -1.33. The molecule has 0 spiro atoms. The van der Waals surface area contributed by atoms with Crippen molar-refractivity contribution in [2.45, 2.75) is 19.5 Å². The van der Waals surface area contributed by atoms with Crippen LogP contribution in [0, 0.1) is 5.82 Å². The molecule has 0 saturated carbocycles. The number of aromatic nitrogens is 3. The van der Waals surface area contributed by atoms with Crippen molar-refractivity contribution in [3.63, 3.8) is 0 Å². The van der Waals surface area contributed by atoms with Gasteiger partial charge < -0.3 is 15.2 Å². The second-order valence-electron chi connectivity index (χ2n) is 9.33. The van der Waals surface area contributed by atoms with Crippen molar-refractivity contribution >= 4 is 29.2 Å². The van der Waals surface area contributed by atoms with E-state index >= 15 is 0 Å². The molecule has 1 fully saturated rings. The van der Waals surface area contributed by atoms with E-state index in [4.69, 9.17) is 4.74 Å². The van der Waals surface area contributed by atoms with Crippen LogP contribution in [0.4, 0.5) is 20.7 Å². The summed E-state index contributed by atoms with van der Waals surface area (Å²) in [4.78, 5) is 37.0. The first-order valence-corrected chi connectivity index (χ1v) is 12.3. The molecular formula is C27H25FN6O4. The maximum absolute atomic E-state index is 13.7. The smallest absolute Gasteiger partial charge is 0.414 e. The number of imide groups is 1. The maximum Gasteiger partial charge on any atom is 0.414 e. The molecule has 1 aromatic carbocycles. The summed E-state index contributed by atoms with van der Waals surface area (Å²) in [5.41, 5.74) is 4.01. The maximum atomic E-state index is 13.7. The van der Waals surface area contributed by atoms with E-state index in [1.54, 1.807) is 29.1 Å². The van der Waals surface area contributed by atoms with E-state index in [0.29, 0.717) is 47.2 Å². The monoisotopic (exact) mass is 516 g/mol. The quantitative estimate of drug-likeness (QED) is 0.404. The van der Waals surface area contributed by atoms with Gasteiger partial charge in [0.2, 0.25) is 0 Å². The van der Waals surface area contributed by atoms with Crippen LogP contribution in [0.1, 0.15) is 34.5 Å². The van der Waals surface area contributed by atoms with Gasteiger partial charge in [0.15, 0.2) is 0 Å². The lowest BCUT2D eigenvalue weighted by Gasteiger charge is -2.32. The van der Waals surface area contributed by atoms with Crippen LogP contribution in [0.25, 0.3) is 16.9 Å². The third kappa shape index (κ3) is 4.15. The van der Waals surface area contributed by atoms with E-state index in [1.165, 1.54) is 12.1 Å². The SMILES string of the molecule is C[C@H](c1ccc(Nc2ccc(-c3cnc4cc(F)ccn34)c3c2C(=O)N(C(=O)O)C3)nc1)N1CCOCC1. The number of rotatable bonds is 5. The molecule has 4 aromatic rings. The Morgan fingerprint density at radius 1 is 1.13 bits per heavy atom. The molecule has 1 saturated heterocycles. The van der Waals surface area contributed by atoms with Gasteiger partial charge in [-0.15, -0.1) is 0 Å². The van der Waals surface area contributed by atoms with Gasteiger partial charge in [0.05, 0.1) is 42.9 Å². The summed E-state index contributed by atoms with van der Waals surface area (Å²) >= 11 is 0. The number of benzene rings is 1. The van der Waals surface area contributed by atoms with Gasteiger partial charge in [0.1, 0.15) is 17.3 Å². The number of halogens is 1. The number of amides is 2. The van der Waals surface area contributed by atoms with Crippen LogP contribution in [0.15, 0.2) is 55.0 Å². The Bertz CT molecular complexity index is 1550. The molecule has 2 aliphatic rings. The highest BCUT2D eigenvalue weighted by molar-refractivity contribution is 6.11. The fraction of sp³-hybridized carbons (Fsp3) is 0.259. The van der Waals surface area contributed by atoms with Crippen molar-refractivity contribution in [3.05, 3.63) is 77.5 Å². The molecule has 5 heterocycles. The van der Waals surface area contributed by atoms with Crippen LogP contribution in [-0.2, 0) is 11.3 Å². The van der Waals surface area contributed by atoms with Gasteiger partial charge >= 0.3 is 6.09 Å². The summed E-state index contributed by atoms with van der Waals surface area (Å²) in [6.07, 6.45) is 3.62. The van der Waals surface area contributed by atoms with Crippen LogP contribution in [0.3, 0.4) is 0 Å². The van der Waals surface area contributed by atoms with Crippen LogP contribution in [-0.4, -0.2) is 67.6 Å². The summed E-state index contributed by atoms with van der Waals surface area (Å²) in [5.74, 6) is -0.497. The molecule has 2 N–H and O–H groups in total. The van der Waals surface area contributed by atoms with Gasteiger partial charge in [0, 0.05) is 43.2 Å². The number of nitrogens with zero attached hydrogens (tertiary/aromatic N) is 5. The lowest BCUT2D eigenvalue weighted by atomic mass is 9.99. The number of carbonyl (C=O) groups excluding carboxylic acids is 1. The van der Waals surface area contributed by atoms with Crippen molar-refractivity contribution in [3.8, 4) is 11.3 Å². The number of ether oxygens (including phenoxy) is 1. The summed E-state index contributed by atoms with van der Waals surface area (Å²) in [6.45, 7) is 5.19. The molecule has 0 bridgehead atoms. The first kappa shape index (κ1) is 24.0. The van der Waals surface area contributed by atoms with Crippen LogP contribution in [0.2, 0.25) is 0 Å². The Balaban J connectivity index is 1.34. The number of pyridine rings is 2. The van der Waals surface area contributed by atoms with Crippen molar-refractivity contribution in [1.29, 1.82) is 0 Å². The second kappa shape index (κ2) is 9.51. The number of hydrogen-bond donors (Lipinski definition) is 2. The third-order valence-corrected chi connectivity index (χ3v) is 7.20. The molecule has 38 heavy (non-hydrogen) atoms. The van der Waals surface area contributed by atoms with Crippen LogP contribution >= 0.6 is 0 Å². The lowest BCUT2D eigenvalue weighted by Crippen LogP contribution is -2.38. The van der Waals surface area contributed by atoms with Crippen LogP contribution < -0.4 is 5.32 Å². The highest BCUT2D eigenvalue weighted by atomic mass is 19.1. The molecule has 0 aliphatic carbocycles. The van der Waals surface area contributed by atoms with E-state index in [2.05, 4.69) is 27.1 Å². The fourth-order valence-corrected chi connectivity index (χ4v) is 5.11. The number of carbonyl (C=O) groups is 2. The minimum absolute atomic E-state index is 0.105. The van der Waals surface area contributed by atoms with Crippen molar-refractivity contribution < 1.29 is 23.8 Å². The first-order valence-electron chi connectivity index (χ1n) is 12.3. The van der Waals surface area contributed by atoms with Gasteiger partial charge in [0.25, 0.3) is 5.91 Å². The predicted molar refractivity (Wildman–Crippen MR) is 137 cm³/mol. The number of fused-ring (bicyclic) bond motifs is 2. The minimum Gasteiger partial charge on any atom is -0.465 e. The third-order valence-electron chi connectivity index (χ3n) is 7.20. The fourth-order valence-electron chi connectivity index (χ4n) is 5.11. The average molecular weight is 517 g/mol. The Hall–Kier alpha value is -4.35. The summed E-state index contributed by atoms with van der Waals surface area (Å²) in [7, 11) is 0. The number of imidazole rings is 1. The number of carboxylic acid groups (broad SMARTS) is 1. The molecule has 3 aromatic heterocycles. The molecule has 0 unspecified atom stereocenters. The first-order chi connectivity index (χ1) is 18.4. The number of hydrogen-bond acceptors (Lipinski definition) is 7. The molecule has 10 nitrogen and oxygen atoms in total. The van der Waals surface area contributed by atoms with Crippen molar-refractivity contribution in [1.82, 2.24) is 24.2 Å². The number of nitrogens with one attached hydrogen (secondary N) is 1. The zero-order valence-electron chi connectivity index (χ0n) is 20.6. The molecule has 2 amide bonds. The lowest BCUT2D eigenvalue weighted by molar-refractivity contribution is 0.0198. The number of morpholine rings is 1. The normalized spacial score (nSPS) is 16.6. The predicted octanol–water partition coefficient (Wildman–Crippen LogP) is 4.31. The van der Waals surface area contributed by atoms with Gasteiger partial charge in [-0.1, -0.05) is 12.1 Å². The molecular weight excluding hydrogens is 491 g/mol. The van der Waals surface area contributed by atoms with E-state index in [-0.39, 0.29) is 18.2 Å². The van der Waals surface area contributed by atoms with Crippen molar-refractivity contribution in [2.75, 3.05) is 31.6 Å². The topological polar surface area (TPSA) is 112 Å². The van der Waals surface area contributed by atoms with E-state index in [9.17, 15) is 19.1 Å². The Morgan fingerprint density at radius 2 is 1.95 bits per heavy atom. The van der Waals surface area contributed by atoms with E-state index in [1.807, 2.05) is 18.2 Å². The molecule has 2 aliphatic heterocycles. The summed E-state index contributed by atoms with van der Waals surface area (Å²) in [6, 6.07) is 10.2. The van der Waals surface area contributed by atoms with E-state index < -0.39 is 17.8 Å². The zero-order valence-corrected chi connectivity index (χ0v) is 20.6. The molecule has 194 valence electrons. The Morgan fingerprint density at radius 3 is 2.68 bits per heavy atom. The highest BCUT2D eigenvalue weighted by Crippen LogP contribution is 2.38. The number of anilines is 2. The highest BCUT2D eigenvalue weighted by Gasteiger charge is 2.36. The molecule has 1 atom stereocenters. The zero-order chi connectivity index (χ0) is 26.4. The van der Waals surface area contributed by atoms with Crippen LogP contribution in [0.5, 0.6) is 0 Å². The summed E-state index contributed by atoms with van der Waals surface area (Å²) < 4.78 is 20.8. The molecule has 0 radical (unpaired) electrons. The second-order valence-corrected chi connectivity index (χ2v) is 9.33. The van der Waals surface area contributed by atoms with Gasteiger partial charge in [-0.3, -0.25) is 14.1 Å². The van der Waals surface area contributed by atoms with E-state index in [0.717, 1.165) is 23.6 Å².